The van der Waals surface area contributed by atoms with E-state index in [4.69, 9.17) is 5.21 Å². The number of carboxylic acid groups (broad SMARTS) is 1. The third-order valence-electron chi connectivity index (χ3n) is 7.83. The quantitative estimate of drug-likeness (QED) is 0.155. The van der Waals surface area contributed by atoms with E-state index in [1.165, 1.54) is 5.01 Å². The highest BCUT2D eigenvalue weighted by Gasteiger charge is 2.40. The molecule has 0 saturated carbocycles. The molecule has 0 spiro atoms. The molecule has 12 nitrogen and oxygen atoms in total. The third-order valence-corrected chi connectivity index (χ3v) is 7.83. The van der Waals surface area contributed by atoms with E-state index in [1.54, 1.807) is 10.2 Å². The first-order chi connectivity index (χ1) is 18.2. The molecule has 2 aliphatic heterocycles. The molecular weight excluding hydrogens is 492 g/mol. The van der Waals surface area contributed by atoms with Crippen LogP contribution in [0.5, 0.6) is 0 Å². The molecule has 5 atom stereocenters. The maximum absolute atomic E-state index is 13.7. The van der Waals surface area contributed by atoms with Crippen molar-refractivity contribution in [2.75, 3.05) is 6.54 Å². The second-order valence-electron chi connectivity index (χ2n) is 10.5. The monoisotopic (exact) mass is 535 g/mol. The number of hydrogen-bond donors (Lipinski definition) is 5. The summed E-state index contributed by atoms with van der Waals surface area (Å²) in [6, 6.07) is -0.0376. The fourth-order valence-corrected chi connectivity index (χ4v) is 5.48. The van der Waals surface area contributed by atoms with E-state index in [9.17, 15) is 24.3 Å². The molecule has 3 amide bonds. The van der Waals surface area contributed by atoms with E-state index in [0.717, 1.165) is 31.4 Å². The number of aliphatic carboxylic acids is 1. The first kappa shape index (κ1) is 29.6. The summed E-state index contributed by atoms with van der Waals surface area (Å²) in [5.74, 6) is -2.86. The molecule has 38 heavy (non-hydrogen) atoms. The van der Waals surface area contributed by atoms with Crippen LogP contribution >= 0.6 is 0 Å². The van der Waals surface area contributed by atoms with Crippen molar-refractivity contribution in [1.82, 2.24) is 25.9 Å². The normalized spacial score (nSPS) is 21.6. The van der Waals surface area contributed by atoms with E-state index in [-0.39, 0.29) is 24.2 Å². The maximum Gasteiger partial charge on any atom is 0.332 e. The highest BCUT2D eigenvalue weighted by atomic mass is 16.5. The Morgan fingerprint density at radius 1 is 1.18 bits per heavy atom. The summed E-state index contributed by atoms with van der Waals surface area (Å²) in [6.45, 7) is 7.27. The molecule has 3 rings (SSSR count). The van der Waals surface area contributed by atoms with E-state index in [1.807, 2.05) is 37.7 Å². The predicted molar refractivity (Wildman–Crippen MR) is 136 cm³/mol. The molecule has 1 aromatic heterocycles. The number of amides is 3. The number of hydrazine groups is 1. The number of aromatic nitrogens is 2. The first-order valence-corrected chi connectivity index (χ1v) is 13.9. The van der Waals surface area contributed by atoms with E-state index in [2.05, 4.69) is 10.7 Å². The van der Waals surface area contributed by atoms with E-state index >= 15 is 0 Å². The van der Waals surface area contributed by atoms with Crippen molar-refractivity contribution in [2.45, 2.75) is 103 Å². The summed E-state index contributed by atoms with van der Waals surface area (Å²) >= 11 is 0. The first-order valence-electron chi connectivity index (χ1n) is 13.9. The molecule has 5 N–H and O–H groups in total. The Kier molecular flexibility index (Phi) is 10.7. The van der Waals surface area contributed by atoms with Crippen LogP contribution in [-0.2, 0) is 25.7 Å². The molecule has 212 valence electrons. The lowest BCUT2D eigenvalue weighted by molar-refractivity contribution is -0.784. The lowest BCUT2D eigenvalue weighted by Gasteiger charge is -2.38. The zero-order chi connectivity index (χ0) is 27.8. The van der Waals surface area contributed by atoms with Crippen LogP contribution in [0.25, 0.3) is 0 Å². The lowest BCUT2D eigenvalue weighted by Crippen LogP contribution is -2.60. The van der Waals surface area contributed by atoms with Gasteiger partial charge in [-0.1, -0.05) is 40.0 Å². The van der Waals surface area contributed by atoms with Crippen molar-refractivity contribution in [3.63, 3.8) is 0 Å². The number of carboxylic acids is 1. The van der Waals surface area contributed by atoms with Crippen LogP contribution in [-0.4, -0.2) is 56.3 Å². The van der Waals surface area contributed by atoms with Crippen molar-refractivity contribution >= 4 is 23.7 Å². The summed E-state index contributed by atoms with van der Waals surface area (Å²) in [4.78, 5) is 51.2. The summed E-state index contributed by atoms with van der Waals surface area (Å²) in [7, 11) is 0. The molecule has 0 aromatic carbocycles. The van der Waals surface area contributed by atoms with Gasteiger partial charge in [-0.05, 0) is 31.6 Å². The Balaban J connectivity index is 1.86. The second-order valence-corrected chi connectivity index (χ2v) is 10.5. The van der Waals surface area contributed by atoms with Crippen LogP contribution in [0.1, 0.15) is 96.3 Å². The van der Waals surface area contributed by atoms with Crippen LogP contribution in [0.2, 0.25) is 0 Å². The second kappa shape index (κ2) is 13.7. The highest BCUT2D eigenvalue weighted by Crippen LogP contribution is 2.30. The molecule has 1 unspecified atom stereocenters. The fraction of sp³-hybridized carbons (Fsp3) is 0.731. The summed E-state index contributed by atoms with van der Waals surface area (Å²) < 4.78 is 3.70. The van der Waals surface area contributed by atoms with Crippen LogP contribution in [0.15, 0.2) is 12.3 Å². The molecule has 0 aliphatic carbocycles. The Morgan fingerprint density at radius 2 is 1.92 bits per heavy atom. The number of nitrogens with zero attached hydrogens (tertiary/aromatic N) is 3. The number of carbonyl (C=O) groups excluding carboxylic acids is 3. The van der Waals surface area contributed by atoms with Crippen molar-refractivity contribution in [1.29, 1.82) is 0 Å². The van der Waals surface area contributed by atoms with Gasteiger partial charge >= 0.3 is 5.97 Å². The summed E-state index contributed by atoms with van der Waals surface area (Å²) in [5.41, 5.74) is 5.41. The minimum absolute atomic E-state index is 0.0150. The lowest BCUT2D eigenvalue weighted by atomic mass is 9.93. The molecule has 2 aliphatic rings. The van der Waals surface area contributed by atoms with Gasteiger partial charge in [-0.25, -0.2) is 15.7 Å². The van der Waals surface area contributed by atoms with E-state index < -0.39 is 35.9 Å². The smallest absolute Gasteiger partial charge is 0.332 e. The molecule has 0 bridgehead atoms. The average molecular weight is 536 g/mol. The minimum atomic E-state index is -0.900. The van der Waals surface area contributed by atoms with Crippen molar-refractivity contribution in [3.8, 4) is 0 Å². The zero-order valence-corrected chi connectivity index (χ0v) is 22.7. The summed E-state index contributed by atoms with van der Waals surface area (Å²) in [5, 5.41) is 23.4. The summed E-state index contributed by atoms with van der Waals surface area (Å²) in [6.07, 6.45) is 6.96. The number of nitrogens with one attached hydrogen (secondary N) is 3. The van der Waals surface area contributed by atoms with Crippen LogP contribution in [0, 0.1) is 11.8 Å². The van der Waals surface area contributed by atoms with Crippen LogP contribution in [0.3, 0.4) is 0 Å². The largest absolute Gasteiger partial charge is 0.480 e. The van der Waals surface area contributed by atoms with Gasteiger partial charge in [0.2, 0.25) is 17.7 Å². The number of unbranched alkanes of at least 4 members (excludes halogenated alkanes) is 1. The number of aryl methyl sites for hydroxylation is 1. The van der Waals surface area contributed by atoms with Gasteiger partial charge in [0.25, 0.3) is 0 Å². The standard InChI is InChI=1S/C26H42N6O6/c1-4-6-9-18(16-22(33)29-38)25(35)31-20(10-7-13-27-31)24(34)28-23(17(3)5-2)19-12-15-30-14-8-11-21(26(36)37)32(19)30/h12,15,17-18,20-21,23,27H,4-11,13-14,16H2,1-3H3,(H3-,28,29,33,34,36,37,38)/p+1/t17-,18+,20-,21?,23-/m0/s1. The van der Waals surface area contributed by atoms with Gasteiger partial charge < -0.3 is 10.4 Å². The van der Waals surface area contributed by atoms with Crippen molar-refractivity contribution in [2.24, 2.45) is 11.8 Å². The molecule has 1 fully saturated rings. The van der Waals surface area contributed by atoms with Gasteiger partial charge in [0, 0.05) is 31.4 Å². The van der Waals surface area contributed by atoms with Gasteiger partial charge in [0.15, 0.2) is 18.8 Å². The average Bonchev–Trinajstić information content (AvgIpc) is 3.36. The Morgan fingerprint density at radius 3 is 2.58 bits per heavy atom. The van der Waals surface area contributed by atoms with Crippen LogP contribution < -0.4 is 20.9 Å². The highest BCUT2D eigenvalue weighted by molar-refractivity contribution is 5.90. The number of fused-ring (bicyclic) bond motifs is 1. The molecule has 1 aromatic rings. The fourth-order valence-electron chi connectivity index (χ4n) is 5.48. The van der Waals surface area contributed by atoms with Gasteiger partial charge in [-0.15, -0.1) is 9.36 Å². The number of hydrogen-bond acceptors (Lipinski definition) is 6. The Bertz CT molecular complexity index is 997. The molecule has 3 heterocycles. The van der Waals surface area contributed by atoms with Gasteiger partial charge in [-0.3, -0.25) is 24.6 Å². The third kappa shape index (κ3) is 6.71. The number of carbonyl (C=O) groups is 4. The van der Waals surface area contributed by atoms with Gasteiger partial charge in [-0.2, -0.15) is 0 Å². The van der Waals surface area contributed by atoms with Crippen molar-refractivity contribution in [3.05, 3.63) is 18.0 Å². The zero-order valence-electron chi connectivity index (χ0n) is 22.7. The molecule has 0 radical (unpaired) electrons. The van der Waals surface area contributed by atoms with Crippen LogP contribution in [0.4, 0.5) is 0 Å². The minimum Gasteiger partial charge on any atom is -0.480 e. The number of rotatable bonds is 12. The maximum atomic E-state index is 13.7. The van der Waals surface area contributed by atoms with Crippen molar-refractivity contribution < 1.29 is 34.2 Å². The van der Waals surface area contributed by atoms with E-state index in [0.29, 0.717) is 38.8 Å². The molecular formula is C26H43N6O6+. The Labute approximate surface area is 223 Å². The number of hydroxylamine groups is 1. The Hall–Kier alpha value is -2.99. The molecule has 1 saturated heterocycles. The molecule has 12 heteroatoms. The van der Waals surface area contributed by atoms with Gasteiger partial charge in [0.05, 0.1) is 6.04 Å². The van der Waals surface area contributed by atoms with Gasteiger partial charge in [0.1, 0.15) is 11.7 Å². The predicted octanol–water partition coefficient (Wildman–Crippen LogP) is 1.60. The topological polar surface area (TPSA) is 157 Å². The SMILES string of the molecule is CCCC[C@H](CC(=O)NO)C(=O)N1NCCC[C@H]1C(=O)N[C@H](c1cc[n+]2n1C(C(=O)O)CCC2)[C@@H](C)CC.